The number of nitrogens with one attached hydrogen (secondary N) is 1. The van der Waals surface area contributed by atoms with Gasteiger partial charge in [-0.3, -0.25) is 4.72 Å². The van der Waals surface area contributed by atoms with Gasteiger partial charge in [-0.25, -0.2) is 0 Å². The van der Waals surface area contributed by atoms with E-state index >= 15 is 0 Å². The average Bonchev–Trinajstić information content (AvgIpc) is 1.87. The molecule has 0 amide bonds. The van der Waals surface area contributed by atoms with E-state index in [2.05, 4.69) is 4.72 Å². The van der Waals surface area contributed by atoms with Crippen LogP contribution >= 0.6 is 11.9 Å². The molecule has 0 fully saturated rings. The van der Waals surface area contributed by atoms with Crippen molar-refractivity contribution in [1.29, 1.82) is 0 Å². The van der Waals surface area contributed by atoms with E-state index in [0.29, 0.717) is 6.54 Å². The lowest BCUT2D eigenvalue weighted by atomic mass is 10.5. The molecule has 0 aromatic carbocycles. The minimum atomic E-state index is -1.08. The maximum atomic E-state index is 9.82. The Kier molecular flexibility index (Phi) is 6.68. The number of hydrogen-bond acceptors (Lipinski definition) is 5. The lowest BCUT2D eigenvalue weighted by molar-refractivity contribution is -0.303. The van der Waals surface area contributed by atoms with E-state index in [4.69, 9.17) is 5.73 Å². The molecule has 0 heterocycles. The summed E-state index contributed by atoms with van der Waals surface area (Å²) < 4.78 is 2.62. The first-order valence-corrected chi connectivity index (χ1v) is 4.00. The number of carbonyl (C=O) groups is 1. The number of rotatable bonds is 6. The third kappa shape index (κ3) is 7.74. The fraction of sp³-hybridized carbons (Fsp3) is 0.800. The van der Waals surface area contributed by atoms with Crippen molar-refractivity contribution < 1.29 is 9.90 Å². The van der Waals surface area contributed by atoms with E-state index in [1.165, 1.54) is 11.9 Å². The number of carboxylic acids is 1. The van der Waals surface area contributed by atoms with E-state index in [1.807, 2.05) is 0 Å². The molecule has 0 spiro atoms. The Morgan fingerprint density at radius 3 is 2.90 bits per heavy atom. The Morgan fingerprint density at radius 2 is 2.40 bits per heavy atom. The lowest BCUT2D eigenvalue weighted by Crippen LogP contribution is -2.31. The van der Waals surface area contributed by atoms with E-state index in [-0.39, 0.29) is 6.54 Å². The van der Waals surface area contributed by atoms with E-state index < -0.39 is 5.97 Å². The van der Waals surface area contributed by atoms with E-state index in [9.17, 15) is 9.90 Å². The molecule has 4 nitrogen and oxygen atoms in total. The molecule has 0 saturated carbocycles. The first-order valence-electron chi connectivity index (χ1n) is 3.02. The summed E-state index contributed by atoms with van der Waals surface area (Å²) in [6.45, 7) is 0.537. The molecule has 60 valence electrons. The maximum Gasteiger partial charge on any atom is 0.0562 e. The van der Waals surface area contributed by atoms with Crippen molar-refractivity contribution >= 4 is 17.9 Å². The average molecular weight is 163 g/mol. The Morgan fingerprint density at radius 1 is 1.70 bits per heavy atom. The Hall–Kier alpha value is -0.260. The molecule has 0 radical (unpaired) electrons. The summed E-state index contributed by atoms with van der Waals surface area (Å²) in [4.78, 5) is 9.82. The van der Waals surface area contributed by atoms with Crippen LogP contribution < -0.4 is 15.6 Å². The third-order valence-electron chi connectivity index (χ3n) is 0.769. The predicted octanol–water partition coefficient (Wildman–Crippen LogP) is -1.68. The fourth-order valence-electron chi connectivity index (χ4n) is 0.338. The Balaban J connectivity index is 2.84. The van der Waals surface area contributed by atoms with Crippen LogP contribution in [0.2, 0.25) is 0 Å². The fourth-order valence-corrected chi connectivity index (χ4v) is 1.01. The SMILES string of the molecule is NCCCSNCC(=O)[O-]. The molecule has 0 aromatic rings. The zero-order valence-electron chi connectivity index (χ0n) is 5.63. The Labute approximate surface area is 64.3 Å². The quantitative estimate of drug-likeness (QED) is 0.361. The van der Waals surface area contributed by atoms with Gasteiger partial charge in [0.05, 0.1) is 5.97 Å². The van der Waals surface area contributed by atoms with Gasteiger partial charge in [0, 0.05) is 12.3 Å². The van der Waals surface area contributed by atoms with Crippen LogP contribution in [0.25, 0.3) is 0 Å². The van der Waals surface area contributed by atoms with Crippen LogP contribution in [0.15, 0.2) is 0 Å². The summed E-state index contributed by atoms with van der Waals surface area (Å²) in [7, 11) is 0. The summed E-state index contributed by atoms with van der Waals surface area (Å²) in [5.74, 6) is -0.246. The molecule has 0 unspecified atom stereocenters. The summed E-state index contributed by atoms with van der Waals surface area (Å²) >= 11 is 1.36. The number of nitrogens with two attached hydrogens (primary N) is 1. The van der Waals surface area contributed by atoms with Crippen LogP contribution in [0.4, 0.5) is 0 Å². The van der Waals surface area contributed by atoms with Gasteiger partial charge >= 0.3 is 0 Å². The number of aliphatic carboxylic acids is 1. The van der Waals surface area contributed by atoms with Gasteiger partial charge in [-0.15, -0.1) is 0 Å². The normalized spacial score (nSPS) is 9.70. The van der Waals surface area contributed by atoms with Crippen LogP contribution in [-0.2, 0) is 4.79 Å². The molecule has 3 N–H and O–H groups in total. The van der Waals surface area contributed by atoms with Crippen LogP contribution in [0.1, 0.15) is 6.42 Å². The minimum absolute atomic E-state index is 0.102. The summed E-state index contributed by atoms with van der Waals surface area (Å²) in [6, 6.07) is 0. The molecule has 10 heavy (non-hydrogen) atoms. The van der Waals surface area contributed by atoms with Crippen molar-refractivity contribution in [2.45, 2.75) is 6.42 Å². The molecule has 0 aromatic heterocycles. The molecule has 0 aliphatic rings. The minimum Gasteiger partial charge on any atom is -0.549 e. The van der Waals surface area contributed by atoms with Gasteiger partial charge < -0.3 is 15.6 Å². The highest BCUT2D eigenvalue weighted by Gasteiger charge is 1.86. The van der Waals surface area contributed by atoms with Gasteiger partial charge in [0.2, 0.25) is 0 Å². The monoisotopic (exact) mass is 163 g/mol. The standard InChI is InChI=1S/C5H12N2O2S/c6-2-1-3-10-7-4-5(8)9/h7H,1-4,6H2,(H,8,9)/p-1. The van der Waals surface area contributed by atoms with Gasteiger partial charge in [-0.05, 0) is 13.0 Å². The molecular weight excluding hydrogens is 152 g/mol. The molecule has 0 atom stereocenters. The van der Waals surface area contributed by atoms with Crippen LogP contribution in [0.5, 0.6) is 0 Å². The summed E-state index contributed by atoms with van der Waals surface area (Å²) in [6.07, 6.45) is 0.894. The van der Waals surface area contributed by atoms with Crippen LogP contribution in [0, 0.1) is 0 Å². The highest BCUT2D eigenvalue weighted by Crippen LogP contribution is 1.93. The van der Waals surface area contributed by atoms with Gasteiger partial charge in [0.25, 0.3) is 0 Å². The maximum absolute atomic E-state index is 9.82. The number of carbonyl (C=O) groups excluding carboxylic acids is 1. The largest absolute Gasteiger partial charge is 0.549 e. The third-order valence-corrected chi connectivity index (χ3v) is 1.61. The van der Waals surface area contributed by atoms with Crippen LogP contribution in [-0.4, -0.2) is 24.8 Å². The molecule has 5 heteroatoms. The van der Waals surface area contributed by atoms with Crippen molar-refractivity contribution in [3.05, 3.63) is 0 Å². The highest BCUT2D eigenvalue weighted by molar-refractivity contribution is 7.97. The molecule has 0 aliphatic carbocycles. The van der Waals surface area contributed by atoms with Crippen molar-refractivity contribution in [1.82, 2.24) is 4.72 Å². The topological polar surface area (TPSA) is 78.2 Å². The molecule has 0 aliphatic heterocycles. The number of hydrogen-bond donors (Lipinski definition) is 2. The lowest BCUT2D eigenvalue weighted by Gasteiger charge is -2.02. The summed E-state index contributed by atoms with van der Waals surface area (Å²) in [5.41, 5.74) is 5.20. The van der Waals surface area contributed by atoms with Crippen molar-refractivity contribution in [2.24, 2.45) is 5.73 Å². The highest BCUT2D eigenvalue weighted by atomic mass is 32.2. The molecular formula is C5H11N2O2S-. The molecule has 0 rings (SSSR count). The van der Waals surface area contributed by atoms with Gasteiger partial charge in [-0.1, -0.05) is 11.9 Å². The molecule has 0 saturated heterocycles. The zero-order valence-corrected chi connectivity index (χ0v) is 6.45. The smallest absolute Gasteiger partial charge is 0.0562 e. The Bertz CT molecular complexity index is 99.6. The van der Waals surface area contributed by atoms with Crippen molar-refractivity contribution in [2.75, 3.05) is 18.8 Å². The van der Waals surface area contributed by atoms with Gasteiger partial charge in [-0.2, -0.15) is 0 Å². The van der Waals surface area contributed by atoms with Crippen molar-refractivity contribution in [3.63, 3.8) is 0 Å². The zero-order chi connectivity index (χ0) is 7.82. The first-order chi connectivity index (χ1) is 4.77. The second kappa shape index (κ2) is 6.85. The second-order valence-corrected chi connectivity index (χ2v) is 2.67. The molecule has 0 bridgehead atoms. The van der Waals surface area contributed by atoms with Gasteiger partial charge in [0.15, 0.2) is 0 Å². The summed E-state index contributed by atoms with van der Waals surface area (Å²) in [5, 5.41) is 9.82. The van der Waals surface area contributed by atoms with Gasteiger partial charge in [0.1, 0.15) is 0 Å². The van der Waals surface area contributed by atoms with E-state index in [0.717, 1.165) is 12.2 Å². The predicted molar refractivity (Wildman–Crippen MR) is 39.1 cm³/mol. The second-order valence-electron chi connectivity index (χ2n) is 1.68. The van der Waals surface area contributed by atoms with E-state index in [1.54, 1.807) is 0 Å². The van der Waals surface area contributed by atoms with Crippen molar-refractivity contribution in [3.8, 4) is 0 Å². The van der Waals surface area contributed by atoms with Crippen LogP contribution in [0.3, 0.4) is 0 Å². The first kappa shape index (κ1) is 9.74. The number of carboxylic acid groups (broad SMARTS) is 1.